The Morgan fingerprint density at radius 3 is 2.63 bits per heavy atom. The van der Waals surface area contributed by atoms with Crippen LogP contribution in [0.2, 0.25) is 0 Å². The molecule has 1 fully saturated rings. The summed E-state index contributed by atoms with van der Waals surface area (Å²) in [5.41, 5.74) is 3.98. The zero-order chi connectivity index (χ0) is 24.7. The lowest BCUT2D eigenvalue weighted by molar-refractivity contribution is 0.0572. The Balaban J connectivity index is 1.50. The van der Waals surface area contributed by atoms with Gasteiger partial charge in [0.1, 0.15) is 12.4 Å². The molecule has 2 aliphatic heterocycles. The summed E-state index contributed by atoms with van der Waals surface area (Å²) in [6.45, 7) is 2.69. The molecular formula is C25H22F3IN4O2. The fourth-order valence-electron chi connectivity index (χ4n) is 4.47. The molecule has 5 rings (SSSR count). The van der Waals surface area contributed by atoms with E-state index in [1.165, 1.54) is 0 Å². The predicted octanol–water partition coefficient (Wildman–Crippen LogP) is 5.78. The summed E-state index contributed by atoms with van der Waals surface area (Å²) in [7, 11) is 1.62. The van der Waals surface area contributed by atoms with Gasteiger partial charge in [0.2, 0.25) is 0 Å². The van der Waals surface area contributed by atoms with Crippen LogP contribution in [0, 0.1) is 27.9 Å². The van der Waals surface area contributed by atoms with E-state index in [0.29, 0.717) is 23.7 Å². The minimum atomic E-state index is -1.48. The average molecular weight is 594 g/mol. The first kappa shape index (κ1) is 23.7. The van der Waals surface area contributed by atoms with Crippen LogP contribution in [-0.4, -0.2) is 40.5 Å². The molecule has 1 saturated heterocycles. The molecule has 0 saturated carbocycles. The van der Waals surface area contributed by atoms with Crippen LogP contribution in [0.3, 0.4) is 0 Å². The third-order valence-electron chi connectivity index (χ3n) is 6.17. The molecule has 2 aliphatic rings. The number of aromatic nitrogens is 2. The first-order valence-corrected chi connectivity index (χ1v) is 12.1. The zero-order valence-electron chi connectivity index (χ0n) is 19.1. The fraction of sp³-hybridized carbons (Fsp3) is 0.280. The molecule has 1 atom stereocenters. The van der Waals surface area contributed by atoms with Crippen molar-refractivity contribution in [2.75, 3.05) is 20.3 Å². The van der Waals surface area contributed by atoms with E-state index in [9.17, 15) is 13.2 Å². The van der Waals surface area contributed by atoms with Crippen LogP contribution in [0.25, 0.3) is 11.8 Å². The van der Waals surface area contributed by atoms with Gasteiger partial charge in [-0.15, -0.1) is 0 Å². The smallest absolute Gasteiger partial charge is 0.194 e. The zero-order valence-corrected chi connectivity index (χ0v) is 21.2. The van der Waals surface area contributed by atoms with E-state index in [2.05, 4.69) is 32.7 Å². The number of hydrogen-bond acceptors (Lipinski definition) is 5. The molecule has 3 aromatic rings. The number of methoxy groups -OCH3 is 1. The van der Waals surface area contributed by atoms with Crippen molar-refractivity contribution in [1.29, 1.82) is 0 Å². The molecule has 0 spiro atoms. The van der Waals surface area contributed by atoms with Gasteiger partial charge in [-0.3, -0.25) is 0 Å². The number of piperidine rings is 1. The van der Waals surface area contributed by atoms with Crippen molar-refractivity contribution in [2.24, 2.45) is 5.16 Å². The topological polar surface area (TPSA) is 51.9 Å². The van der Waals surface area contributed by atoms with Crippen molar-refractivity contribution in [3.63, 3.8) is 0 Å². The Hall–Kier alpha value is -3.02. The summed E-state index contributed by atoms with van der Waals surface area (Å²) in [5.74, 6) is -2.60. The number of benzene rings is 2. The number of aryl methyl sites for hydroxylation is 1. The fourth-order valence-corrected chi connectivity index (χ4v) is 5.08. The van der Waals surface area contributed by atoms with E-state index in [-0.39, 0.29) is 6.61 Å². The van der Waals surface area contributed by atoms with Crippen LogP contribution in [-0.2, 0) is 4.84 Å². The van der Waals surface area contributed by atoms with Gasteiger partial charge >= 0.3 is 0 Å². The maximum Gasteiger partial charge on any atom is 0.194 e. The van der Waals surface area contributed by atoms with Crippen LogP contribution in [0.5, 0.6) is 5.75 Å². The molecule has 0 aliphatic carbocycles. The lowest BCUT2D eigenvalue weighted by atomic mass is 9.96. The quantitative estimate of drug-likeness (QED) is 0.284. The lowest BCUT2D eigenvalue weighted by Gasteiger charge is -2.40. The number of ether oxygens (including phenoxy) is 1. The molecule has 0 N–H and O–H groups in total. The van der Waals surface area contributed by atoms with Crippen LogP contribution in [0.15, 0.2) is 47.5 Å². The molecular weight excluding hydrogens is 572 g/mol. The average Bonchev–Trinajstić information content (AvgIpc) is 3.29. The summed E-state index contributed by atoms with van der Waals surface area (Å²) in [5, 5.41) is 4.27. The molecule has 182 valence electrons. The van der Waals surface area contributed by atoms with E-state index in [4.69, 9.17) is 9.57 Å². The monoisotopic (exact) mass is 594 g/mol. The first-order valence-electron chi connectivity index (χ1n) is 11.1. The minimum Gasteiger partial charge on any atom is -0.495 e. The standard InChI is InChI=1S/C25H22F3IN4O2/c1-14-11-32(13-30-14)21-10-20(29)16(9-23(21)34-2)6-15-4-3-5-33-22(12-35-31-25(15)33)17-7-18(26)24(28)19(27)8-17/h6-11,13,22H,3-5,12H2,1-2H3/t22-/m1/s1. The van der Waals surface area contributed by atoms with E-state index >= 15 is 0 Å². The third-order valence-corrected chi connectivity index (χ3v) is 7.11. The number of fused-ring (bicyclic) bond motifs is 1. The Morgan fingerprint density at radius 2 is 1.94 bits per heavy atom. The van der Waals surface area contributed by atoms with Gasteiger partial charge in [0.15, 0.2) is 23.3 Å². The molecule has 2 aromatic carbocycles. The first-order chi connectivity index (χ1) is 16.9. The second-order valence-corrected chi connectivity index (χ2v) is 9.62. The van der Waals surface area contributed by atoms with Gasteiger partial charge in [0, 0.05) is 16.3 Å². The van der Waals surface area contributed by atoms with Gasteiger partial charge in [-0.2, -0.15) is 0 Å². The number of halogens is 4. The van der Waals surface area contributed by atoms with Crippen LogP contribution >= 0.6 is 22.6 Å². The van der Waals surface area contributed by atoms with Crippen molar-refractivity contribution in [3.8, 4) is 11.4 Å². The van der Waals surface area contributed by atoms with E-state index in [1.807, 2.05) is 40.8 Å². The predicted molar refractivity (Wildman–Crippen MR) is 134 cm³/mol. The van der Waals surface area contributed by atoms with Gasteiger partial charge in [-0.25, -0.2) is 18.2 Å². The van der Waals surface area contributed by atoms with E-state index < -0.39 is 23.5 Å². The maximum atomic E-state index is 13.9. The van der Waals surface area contributed by atoms with Crippen molar-refractivity contribution in [1.82, 2.24) is 14.5 Å². The second kappa shape index (κ2) is 9.56. The van der Waals surface area contributed by atoms with Gasteiger partial charge < -0.3 is 19.0 Å². The number of oxime groups is 1. The molecule has 35 heavy (non-hydrogen) atoms. The maximum absolute atomic E-state index is 13.9. The third kappa shape index (κ3) is 4.51. The summed E-state index contributed by atoms with van der Waals surface area (Å²) in [6, 6.07) is 5.57. The number of rotatable bonds is 4. The highest BCUT2D eigenvalue weighted by Crippen LogP contribution is 2.35. The number of imidazole rings is 1. The van der Waals surface area contributed by atoms with Gasteiger partial charge in [0.25, 0.3) is 0 Å². The molecule has 10 heteroatoms. The summed E-state index contributed by atoms with van der Waals surface area (Å²) in [6.07, 6.45) is 7.30. The van der Waals surface area contributed by atoms with Gasteiger partial charge in [-0.1, -0.05) is 5.16 Å². The van der Waals surface area contributed by atoms with Crippen molar-refractivity contribution in [2.45, 2.75) is 25.8 Å². The number of nitrogens with zero attached hydrogens (tertiary/aromatic N) is 4. The van der Waals surface area contributed by atoms with Crippen LogP contribution in [0.4, 0.5) is 13.2 Å². The van der Waals surface area contributed by atoms with E-state index in [0.717, 1.165) is 51.1 Å². The Labute approximate surface area is 214 Å². The molecule has 6 nitrogen and oxygen atoms in total. The Bertz CT molecular complexity index is 1330. The van der Waals surface area contributed by atoms with Gasteiger partial charge in [0.05, 0.1) is 30.9 Å². The normalized spacial score (nSPS) is 18.8. The number of hydrogen-bond donors (Lipinski definition) is 0. The number of amidine groups is 1. The second-order valence-electron chi connectivity index (χ2n) is 8.46. The molecule has 0 bridgehead atoms. The highest BCUT2D eigenvalue weighted by atomic mass is 127. The minimum absolute atomic E-state index is 0.117. The SMILES string of the molecule is COc1cc(C=C2CCCN3C2=NOC[C@@H]3c2cc(F)c(F)c(F)c2)c(I)cc1-n1cnc(C)c1. The molecule has 0 unspecified atom stereocenters. The van der Waals surface area contributed by atoms with E-state index in [1.54, 1.807) is 13.4 Å². The van der Waals surface area contributed by atoms with Crippen molar-refractivity contribution in [3.05, 3.63) is 80.2 Å². The molecule has 0 radical (unpaired) electrons. The molecule has 0 amide bonds. The lowest BCUT2D eigenvalue weighted by Crippen LogP contribution is -2.44. The Morgan fingerprint density at radius 1 is 1.17 bits per heavy atom. The molecule has 1 aromatic heterocycles. The highest BCUT2D eigenvalue weighted by molar-refractivity contribution is 14.1. The van der Waals surface area contributed by atoms with Gasteiger partial charge in [-0.05, 0) is 89.4 Å². The van der Waals surface area contributed by atoms with Crippen LogP contribution < -0.4 is 4.74 Å². The largest absolute Gasteiger partial charge is 0.495 e. The van der Waals surface area contributed by atoms with Crippen molar-refractivity contribution < 1.29 is 22.7 Å². The Kier molecular flexibility index (Phi) is 6.47. The highest BCUT2D eigenvalue weighted by Gasteiger charge is 2.34. The summed E-state index contributed by atoms with van der Waals surface area (Å²) < 4.78 is 49.9. The molecule has 3 heterocycles. The summed E-state index contributed by atoms with van der Waals surface area (Å²) >= 11 is 2.28. The van der Waals surface area contributed by atoms with Crippen molar-refractivity contribution >= 4 is 34.5 Å². The van der Waals surface area contributed by atoms with Crippen LogP contribution in [0.1, 0.15) is 35.7 Å². The summed E-state index contributed by atoms with van der Waals surface area (Å²) in [4.78, 5) is 11.7.